The highest BCUT2D eigenvalue weighted by Crippen LogP contribution is 2.26. The van der Waals surface area contributed by atoms with Gasteiger partial charge in [-0.25, -0.2) is 9.97 Å². The van der Waals surface area contributed by atoms with Crippen LogP contribution in [0.25, 0.3) is 0 Å². The fourth-order valence-corrected chi connectivity index (χ4v) is 2.73. The van der Waals surface area contributed by atoms with Crippen LogP contribution in [0.2, 0.25) is 0 Å². The molecule has 3 rings (SSSR count). The summed E-state index contributed by atoms with van der Waals surface area (Å²) >= 11 is 0. The Bertz CT molecular complexity index is 402. The highest BCUT2D eigenvalue weighted by molar-refractivity contribution is 5.24. The minimum absolute atomic E-state index is 0.135. The van der Waals surface area contributed by atoms with Gasteiger partial charge in [-0.3, -0.25) is 0 Å². The molecule has 0 aromatic carbocycles. The zero-order valence-corrected chi connectivity index (χ0v) is 10.1. The standard InChI is InChI=1S/C13H19N3O/c14-11-4-1-5-12-10(11)8-15-13(16-12)7-9-3-2-6-17-9/h8-9,11H,1-7,14H2. The monoisotopic (exact) mass is 233 g/mol. The van der Waals surface area contributed by atoms with Crippen molar-refractivity contribution < 1.29 is 4.74 Å². The molecule has 1 aliphatic heterocycles. The van der Waals surface area contributed by atoms with Gasteiger partial charge < -0.3 is 10.5 Å². The second-order valence-corrected chi connectivity index (χ2v) is 5.03. The lowest BCUT2D eigenvalue weighted by atomic mass is 9.93. The van der Waals surface area contributed by atoms with Crippen LogP contribution in [-0.4, -0.2) is 22.7 Å². The molecule has 2 N–H and O–H groups in total. The third kappa shape index (κ3) is 2.33. The number of rotatable bonds is 2. The lowest BCUT2D eigenvalue weighted by Gasteiger charge is -2.21. The fourth-order valence-electron chi connectivity index (χ4n) is 2.73. The minimum Gasteiger partial charge on any atom is -0.378 e. The number of nitrogens with two attached hydrogens (primary N) is 1. The molecule has 2 heterocycles. The predicted molar refractivity (Wildman–Crippen MR) is 64.6 cm³/mol. The van der Waals surface area contributed by atoms with Crippen LogP contribution >= 0.6 is 0 Å². The molecule has 2 aliphatic rings. The molecule has 4 nitrogen and oxygen atoms in total. The van der Waals surface area contributed by atoms with Gasteiger partial charge in [0.05, 0.1) is 6.10 Å². The number of nitrogens with zero attached hydrogens (tertiary/aromatic N) is 2. The van der Waals surface area contributed by atoms with E-state index in [0.717, 1.165) is 55.8 Å². The first kappa shape index (κ1) is 11.1. The number of ether oxygens (including phenoxy) is 1. The van der Waals surface area contributed by atoms with E-state index >= 15 is 0 Å². The van der Waals surface area contributed by atoms with E-state index in [0.29, 0.717) is 6.10 Å². The van der Waals surface area contributed by atoms with Crippen LogP contribution in [0.5, 0.6) is 0 Å². The molecule has 0 amide bonds. The van der Waals surface area contributed by atoms with Crippen LogP contribution in [0.1, 0.15) is 48.8 Å². The van der Waals surface area contributed by atoms with Crippen LogP contribution in [0.3, 0.4) is 0 Å². The zero-order valence-electron chi connectivity index (χ0n) is 10.1. The molecular weight excluding hydrogens is 214 g/mol. The maximum atomic E-state index is 6.06. The van der Waals surface area contributed by atoms with Gasteiger partial charge in [0.2, 0.25) is 0 Å². The van der Waals surface area contributed by atoms with Gasteiger partial charge >= 0.3 is 0 Å². The van der Waals surface area contributed by atoms with Crippen molar-refractivity contribution in [2.24, 2.45) is 5.73 Å². The van der Waals surface area contributed by atoms with Crippen LogP contribution in [-0.2, 0) is 17.6 Å². The Hall–Kier alpha value is -1.00. The lowest BCUT2D eigenvalue weighted by Crippen LogP contribution is -2.21. The Morgan fingerprint density at radius 3 is 3.12 bits per heavy atom. The van der Waals surface area contributed by atoms with Gasteiger partial charge in [0.1, 0.15) is 5.82 Å². The summed E-state index contributed by atoms with van der Waals surface area (Å²) in [6.07, 6.45) is 8.65. The van der Waals surface area contributed by atoms with E-state index in [9.17, 15) is 0 Å². The summed E-state index contributed by atoms with van der Waals surface area (Å²) < 4.78 is 5.62. The molecule has 0 bridgehead atoms. The van der Waals surface area contributed by atoms with Gasteiger partial charge in [-0.2, -0.15) is 0 Å². The van der Waals surface area contributed by atoms with Gasteiger partial charge in [0, 0.05) is 36.5 Å². The molecule has 2 unspecified atom stereocenters. The molecule has 1 fully saturated rings. The van der Waals surface area contributed by atoms with Gasteiger partial charge in [0.25, 0.3) is 0 Å². The highest BCUT2D eigenvalue weighted by atomic mass is 16.5. The largest absolute Gasteiger partial charge is 0.378 e. The Kier molecular flexibility index (Phi) is 3.07. The predicted octanol–water partition coefficient (Wildman–Crippen LogP) is 1.53. The van der Waals surface area contributed by atoms with E-state index in [2.05, 4.69) is 9.97 Å². The van der Waals surface area contributed by atoms with E-state index in [-0.39, 0.29) is 6.04 Å². The Labute approximate surface area is 102 Å². The van der Waals surface area contributed by atoms with Crippen LogP contribution in [0.4, 0.5) is 0 Å². The van der Waals surface area contributed by atoms with Gasteiger partial charge in [-0.1, -0.05) is 0 Å². The van der Waals surface area contributed by atoms with Crippen molar-refractivity contribution in [2.45, 2.75) is 50.7 Å². The summed E-state index contributed by atoms with van der Waals surface area (Å²) in [5, 5.41) is 0. The molecule has 1 aliphatic carbocycles. The Balaban J connectivity index is 1.77. The van der Waals surface area contributed by atoms with Crippen LogP contribution in [0.15, 0.2) is 6.20 Å². The SMILES string of the molecule is NC1CCCc2nc(CC3CCCO3)ncc21. The normalized spacial score (nSPS) is 28.1. The molecular formula is C13H19N3O. The molecule has 0 saturated carbocycles. The summed E-state index contributed by atoms with van der Waals surface area (Å²) in [6, 6.07) is 0.135. The lowest BCUT2D eigenvalue weighted by molar-refractivity contribution is 0.110. The van der Waals surface area contributed by atoms with E-state index < -0.39 is 0 Å². The van der Waals surface area contributed by atoms with Gasteiger partial charge in [0.15, 0.2) is 0 Å². The molecule has 4 heteroatoms. The third-order valence-electron chi connectivity index (χ3n) is 3.71. The van der Waals surface area contributed by atoms with Gasteiger partial charge in [-0.15, -0.1) is 0 Å². The summed E-state index contributed by atoms with van der Waals surface area (Å²) in [5.41, 5.74) is 8.36. The second kappa shape index (κ2) is 4.70. The van der Waals surface area contributed by atoms with E-state index in [1.54, 1.807) is 0 Å². The average Bonchev–Trinajstić information content (AvgIpc) is 2.82. The van der Waals surface area contributed by atoms with Crippen molar-refractivity contribution in [1.82, 2.24) is 9.97 Å². The Morgan fingerprint density at radius 2 is 2.29 bits per heavy atom. The number of fused-ring (bicyclic) bond motifs is 1. The molecule has 92 valence electrons. The molecule has 17 heavy (non-hydrogen) atoms. The fraction of sp³-hybridized carbons (Fsp3) is 0.692. The molecule has 2 atom stereocenters. The van der Waals surface area contributed by atoms with Gasteiger partial charge in [-0.05, 0) is 32.1 Å². The topological polar surface area (TPSA) is 61.0 Å². The molecule has 1 aromatic rings. The highest BCUT2D eigenvalue weighted by Gasteiger charge is 2.21. The summed E-state index contributed by atoms with van der Waals surface area (Å²) in [5.74, 6) is 0.921. The molecule has 1 aromatic heterocycles. The number of hydrogen-bond donors (Lipinski definition) is 1. The maximum absolute atomic E-state index is 6.06. The summed E-state index contributed by atoms with van der Waals surface area (Å²) in [7, 11) is 0. The van der Waals surface area contributed by atoms with Crippen molar-refractivity contribution in [3.63, 3.8) is 0 Å². The summed E-state index contributed by atoms with van der Waals surface area (Å²) in [4.78, 5) is 9.09. The number of hydrogen-bond acceptors (Lipinski definition) is 4. The van der Waals surface area contributed by atoms with Crippen molar-refractivity contribution >= 4 is 0 Å². The van der Waals surface area contributed by atoms with Crippen LogP contribution in [0, 0.1) is 0 Å². The van der Waals surface area contributed by atoms with Crippen molar-refractivity contribution in [3.05, 3.63) is 23.3 Å². The zero-order chi connectivity index (χ0) is 11.7. The number of aryl methyl sites for hydroxylation is 1. The van der Waals surface area contributed by atoms with E-state index in [1.807, 2.05) is 6.20 Å². The van der Waals surface area contributed by atoms with Crippen molar-refractivity contribution in [3.8, 4) is 0 Å². The molecule has 0 spiro atoms. The first-order valence-electron chi connectivity index (χ1n) is 6.55. The number of aromatic nitrogens is 2. The van der Waals surface area contributed by atoms with Crippen molar-refractivity contribution in [2.75, 3.05) is 6.61 Å². The van der Waals surface area contributed by atoms with E-state index in [1.165, 1.54) is 6.42 Å². The first-order chi connectivity index (χ1) is 8.33. The van der Waals surface area contributed by atoms with E-state index in [4.69, 9.17) is 10.5 Å². The summed E-state index contributed by atoms with van der Waals surface area (Å²) in [6.45, 7) is 0.889. The smallest absolute Gasteiger partial charge is 0.131 e. The quantitative estimate of drug-likeness (QED) is 0.841. The van der Waals surface area contributed by atoms with Crippen LogP contribution < -0.4 is 5.73 Å². The first-order valence-corrected chi connectivity index (χ1v) is 6.55. The third-order valence-corrected chi connectivity index (χ3v) is 3.71. The average molecular weight is 233 g/mol. The molecule has 0 radical (unpaired) electrons. The second-order valence-electron chi connectivity index (χ2n) is 5.03. The minimum atomic E-state index is 0.135. The molecule has 1 saturated heterocycles. The van der Waals surface area contributed by atoms with Crippen molar-refractivity contribution in [1.29, 1.82) is 0 Å². The maximum Gasteiger partial charge on any atom is 0.131 e. The Morgan fingerprint density at radius 1 is 1.35 bits per heavy atom.